The highest BCUT2D eigenvalue weighted by Crippen LogP contribution is 2.36. The van der Waals surface area contributed by atoms with Crippen molar-refractivity contribution in [2.45, 2.75) is 6.92 Å². The molecule has 0 saturated heterocycles. The molecule has 3 aromatic rings. The molecule has 1 amide bonds. The number of nitrogens with zero attached hydrogens (tertiary/aromatic N) is 2. The van der Waals surface area contributed by atoms with Crippen LogP contribution in [0.15, 0.2) is 30.6 Å². The second-order valence-electron chi connectivity index (χ2n) is 5.90. The number of phenolic OH excluding ortho intramolecular Hbond substituents is 1. The van der Waals surface area contributed by atoms with Crippen molar-refractivity contribution in [1.29, 1.82) is 0 Å². The fraction of sp³-hybridized carbons (Fsp3) is 0.211. The minimum absolute atomic E-state index is 0.0373. The molecule has 0 atom stereocenters. The first-order chi connectivity index (χ1) is 13.4. The number of anilines is 2. The highest BCUT2D eigenvalue weighted by atomic mass is 19.1. The topological polar surface area (TPSA) is 106 Å². The lowest BCUT2D eigenvalue weighted by Gasteiger charge is -2.15. The maximum atomic E-state index is 14.2. The Balaban J connectivity index is 2.03. The minimum atomic E-state index is -0.528. The lowest BCUT2D eigenvalue weighted by Crippen LogP contribution is -2.24. The fourth-order valence-corrected chi connectivity index (χ4v) is 2.59. The molecule has 9 heteroatoms. The van der Waals surface area contributed by atoms with E-state index in [4.69, 9.17) is 9.47 Å². The van der Waals surface area contributed by atoms with Crippen LogP contribution in [0, 0.1) is 12.7 Å². The van der Waals surface area contributed by atoms with Crippen molar-refractivity contribution >= 4 is 28.3 Å². The largest absolute Gasteiger partial charge is 0.508 e. The number of rotatable bonds is 6. The minimum Gasteiger partial charge on any atom is -0.508 e. The predicted molar refractivity (Wildman–Crippen MR) is 102 cm³/mol. The molecule has 0 aliphatic rings. The molecule has 0 radical (unpaired) electrons. The quantitative estimate of drug-likeness (QED) is 0.598. The van der Waals surface area contributed by atoms with Gasteiger partial charge in [0.2, 0.25) is 0 Å². The van der Waals surface area contributed by atoms with E-state index in [0.29, 0.717) is 33.8 Å². The third-order valence-corrected chi connectivity index (χ3v) is 4.19. The average Bonchev–Trinajstić information content (AvgIpc) is 2.71. The van der Waals surface area contributed by atoms with Gasteiger partial charge in [0, 0.05) is 24.1 Å². The summed E-state index contributed by atoms with van der Waals surface area (Å²) in [4.78, 5) is 19.8. The summed E-state index contributed by atoms with van der Waals surface area (Å²) in [5.41, 5.74) is 0.964. The fourth-order valence-electron chi connectivity index (χ4n) is 2.59. The number of phenols is 1. The number of ether oxygens (including phenoxy) is 2. The molecule has 3 N–H and O–H groups in total. The van der Waals surface area contributed by atoms with E-state index in [-0.39, 0.29) is 24.0 Å². The van der Waals surface area contributed by atoms with Gasteiger partial charge in [-0.3, -0.25) is 4.79 Å². The summed E-state index contributed by atoms with van der Waals surface area (Å²) in [7, 11) is 2.97. The number of aromatic nitrogens is 2. The lowest BCUT2D eigenvalue weighted by atomic mass is 10.1. The summed E-state index contributed by atoms with van der Waals surface area (Å²) in [6.45, 7) is 1.41. The van der Waals surface area contributed by atoms with Crippen LogP contribution in [0.2, 0.25) is 0 Å². The molecule has 28 heavy (non-hydrogen) atoms. The molecule has 1 heterocycles. The van der Waals surface area contributed by atoms with Crippen molar-refractivity contribution in [3.05, 3.63) is 42.0 Å². The normalized spacial score (nSPS) is 10.6. The smallest absolute Gasteiger partial charge is 0.257 e. The Morgan fingerprint density at radius 2 is 2.04 bits per heavy atom. The Morgan fingerprint density at radius 3 is 2.75 bits per heavy atom. The van der Waals surface area contributed by atoms with E-state index in [1.165, 1.54) is 32.6 Å². The van der Waals surface area contributed by atoms with Gasteiger partial charge in [-0.2, -0.15) is 0 Å². The summed E-state index contributed by atoms with van der Waals surface area (Å²) < 4.78 is 25.1. The Labute approximate surface area is 160 Å². The lowest BCUT2D eigenvalue weighted by molar-refractivity contribution is -0.122. The number of nitrogens with one attached hydrogen (secondary N) is 2. The number of methoxy groups -OCH3 is 1. The predicted octanol–water partition coefficient (Wildman–Crippen LogP) is 2.66. The number of amides is 1. The zero-order chi connectivity index (χ0) is 20.3. The van der Waals surface area contributed by atoms with Crippen LogP contribution in [-0.2, 0) is 4.79 Å². The molecule has 0 spiro atoms. The number of fused-ring (bicyclic) bond motifs is 1. The van der Waals surface area contributed by atoms with E-state index in [9.17, 15) is 14.3 Å². The van der Waals surface area contributed by atoms with Crippen LogP contribution < -0.4 is 20.1 Å². The van der Waals surface area contributed by atoms with Crippen LogP contribution in [0.3, 0.4) is 0 Å². The molecule has 2 aromatic carbocycles. The van der Waals surface area contributed by atoms with Crippen molar-refractivity contribution < 1.29 is 23.8 Å². The summed E-state index contributed by atoms with van der Waals surface area (Å²) in [5.74, 6) is 0.172. The Bertz CT molecular complexity index is 1040. The molecule has 3 rings (SSSR count). The number of hydrogen-bond acceptors (Lipinski definition) is 7. The number of carbonyl (C=O) groups excluding carboxylic acids is 1. The molecule has 0 aliphatic carbocycles. The average molecular weight is 386 g/mol. The third kappa shape index (κ3) is 3.73. The molecule has 0 aliphatic heterocycles. The van der Waals surface area contributed by atoms with Gasteiger partial charge in [-0.05, 0) is 25.1 Å². The van der Waals surface area contributed by atoms with Crippen molar-refractivity contribution in [3.63, 3.8) is 0 Å². The van der Waals surface area contributed by atoms with Crippen LogP contribution in [0.1, 0.15) is 5.56 Å². The number of hydrogen-bond donors (Lipinski definition) is 3. The molecule has 0 saturated carbocycles. The monoisotopic (exact) mass is 386 g/mol. The molecule has 8 nitrogen and oxygen atoms in total. The van der Waals surface area contributed by atoms with E-state index in [1.807, 2.05) is 0 Å². The zero-order valence-electron chi connectivity index (χ0n) is 15.5. The number of benzene rings is 2. The number of likely N-dealkylation sites (N-methyl/N-ethyl adjacent to an activating group) is 1. The van der Waals surface area contributed by atoms with Crippen LogP contribution in [0.25, 0.3) is 10.9 Å². The molecule has 146 valence electrons. The molecule has 0 unspecified atom stereocenters. The van der Waals surface area contributed by atoms with Gasteiger partial charge in [0.05, 0.1) is 18.3 Å². The zero-order valence-corrected chi connectivity index (χ0v) is 15.5. The van der Waals surface area contributed by atoms with E-state index in [2.05, 4.69) is 20.6 Å². The van der Waals surface area contributed by atoms with Gasteiger partial charge in [0.1, 0.15) is 23.7 Å². The van der Waals surface area contributed by atoms with E-state index < -0.39 is 5.82 Å². The summed E-state index contributed by atoms with van der Waals surface area (Å²) >= 11 is 0. The van der Waals surface area contributed by atoms with E-state index >= 15 is 0 Å². The van der Waals surface area contributed by atoms with E-state index in [1.54, 1.807) is 19.1 Å². The Hall–Kier alpha value is -3.62. The third-order valence-electron chi connectivity index (χ3n) is 4.19. The second kappa shape index (κ2) is 7.95. The van der Waals surface area contributed by atoms with Crippen LogP contribution in [0.5, 0.6) is 17.2 Å². The van der Waals surface area contributed by atoms with Gasteiger partial charge in [-0.1, -0.05) is 0 Å². The van der Waals surface area contributed by atoms with Gasteiger partial charge in [-0.25, -0.2) is 14.4 Å². The molecular formula is C19H19FN4O4. The number of carbonyl (C=O) groups is 1. The molecule has 0 bridgehead atoms. The molecule has 1 aromatic heterocycles. The maximum Gasteiger partial charge on any atom is 0.257 e. The van der Waals surface area contributed by atoms with Gasteiger partial charge in [0.25, 0.3) is 5.91 Å². The first-order valence-electron chi connectivity index (χ1n) is 8.35. The highest BCUT2D eigenvalue weighted by Gasteiger charge is 2.15. The van der Waals surface area contributed by atoms with Crippen LogP contribution in [0.4, 0.5) is 15.9 Å². The SMILES string of the molecule is CNC(=O)COc1cc2ncnc(Nc3c(F)ccc(O)c3C)c2cc1OC. The van der Waals surface area contributed by atoms with Crippen LogP contribution in [-0.4, -0.2) is 41.7 Å². The van der Waals surface area contributed by atoms with Crippen molar-refractivity contribution in [2.24, 2.45) is 0 Å². The first-order valence-corrected chi connectivity index (χ1v) is 8.35. The Kier molecular flexibility index (Phi) is 5.44. The van der Waals surface area contributed by atoms with Gasteiger partial charge >= 0.3 is 0 Å². The van der Waals surface area contributed by atoms with Gasteiger partial charge in [0.15, 0.2) is 18.1 Å². The summed E-state index contributed by atoms with van der Waals surface area (Å²) in [6.07, 6.45) is 1.32. The molecular weight excluding hydrogens is 367 g/mol. The summed E-state index contributed by atoms with van der Waals surface area (Å²) in [5, 5.41) is 15.8. The number of aromatic hydroxyl groups is 1. The Morgan fingerprint density at radius 1 is 1.25 bits per heavy atom. The van der Waals surface area contributed by atoms with Crippen molar-refractivity contribution in [1.82, 2.24) is 15.3 Å². The second-order valence-corrected chi connectivity index (χ2v) is 5.90. The summed E-state index contributed by atoms with van der Waals surface area (Å²) in [6, 6.07) is 5.69. The van der Waals surface area contributed by atoms with Crippen molar-refractivity contribution in [2.75, 3.05) is 26.1 Å². The molecule has 0 fully saturated rings. The number of halogens is 1. The standard InChI is InChI=1S/C19H19FN4O4/c1-10-14(25)5-4-12(20)18(10)24-19-11-6-15(27-3)16(28-8-17(26)21-2)7-13(11)22-9-23-19/h4-7,9,25H,8H2,1-3H3,(H,21,26)(H,22,23,24). The van der Waals surface area contributed by atoms with Gasteiger partial charge in [-0.15, -0.1) is 0 Å². The van der Waals surface area contributed by atoms with E-state index in [0.717, 1.165) is 0 Å². The highest BCUT2D eigenvalue weighted by molar-refractivity contribution is 5.93. The van der Waals surface area contributed by atoms with Crippen LogP contribution >= 0.6 is 0 Å². The maximum absolute atomic E-state index is 14.2. The van der Waals surface area contributed by atoms with Gasteiger partial charge < -0.3 is 25.2 Å². The van der Waals surface area contributed by atoms with Crippen molar-refractivity contribution in [3.8, 4) is 17.2 Å². The first kappa shape index (κ1) is 19.2.